The van der Waals surface area contributed by atoms with Crippen LogP contribution in [0.1, 0.15) is 24.8 Å². The molecule has 0 saturated heterocycles. The Kier molecular flexibility index (Phi) is 3.77. The summed E-state index contributed by atoms with van der Waals surface area (Å²) in [4.78, 5) is 0. The highest BCUT2D eigenvalue weighted by molar-refractivity contribution is 5.48. The number of hydrogen-bond acceptors (Lipinski definition) is 2. The van der Waals surface area contributed by atoms with Gasteiger partial charge in [-0.3, -0.25) is 0 Å². The number of anilines is 1. The number of nitrogens with zero attached hydrogens (tertiary/aromatic N) is 1. The molecule has 0 amide bonds. The summed E-state index contributed by atoms with van der Waals surface area (Å²) < 4.78 is 13.6. The molecule has 0 bridgehead atoms. The second-order valence-corrected chi connectivity index (χ2v) is 4.34. The summed E-state index contributed by atoms with van der Waals surface area (Å²) in [6.45, 7) is 0.785. The standard InChI is InChI=1S/C14H15FN2/c15-13-8-12(9-16)6-7-14(13)17-10-11-4-2-1-3-5-11/h1-2,6-8,11,17H,3-5,10H2. The molecular weight excluding hydrogens is 215 g/mol. The van der Waals surface area contributed by atoms with E-state index in [0.29, 0.717) is 17.2 Å². The highest BCUT2D eigenvalue weighted by Gasteiger charge is 2.10. The van der Waals surface area contributed by atoms with Crippen molar-refractivity contribution in [3.63, 3.8) is 0 Å². The predicted octanol–water partition coefficient (Wildman–Crippen LogP) is 3.47. The smallest absolute Gasteiger partial charge is 0.147 e. The zero-order chi connectivity index (χ0) is 12.1. The fraction of sp³-hybridized carbons (Fsp3) is 0.357. The van der Waals surface area contributed by atoms with Crippen molar-refractivity contribution >= 4 is 5.69 Å². The number of halogens is 1. The van der Waals surface area contributed by atoms with Crippen LogP contribution in [0.25, 0.3) is 0 Å². The van der Waals surface area contributed by atoms with E-state index < -0.39 is 0 Å². The molecule has 1 N–H and O–H groups in total. The molecular formula is C14H15FN2. The van der Waals surface area contributed by atoms with E-state index in [0.717, 1.165) is 25.8 Å². The molecule has 0 aromatic heterocycles. The lowest BCUT2D eigenvalue weighted by Gasteiger charge is -2.19. The van der Waals surface area contributed by atoms with E-state index >= 15 is 0 Å². The van der Waals surface area contributed by atoms with Crippen LogP contribution in [0.3, 0.4) is 0 Å². The molecule has 1 aliphatic rings. The fourth-order valence-electron chi connectivity index (χ4n) is 2.02. The van der Waals surface area contributed by atoms with Crippen LogP contribution >= 0.6 is 0 Å². The van der Waals surface area contributed by atoms with Gasteiger partial charge < -0.3 is 5.32 Å². The number of hydrogen-bond donors (Lipinski definition) is 1. The molecule has 1 aromatic carbocycles. The number of benzene rings is 1. The molecule has 0 fully saturated rings. The first-order valence-corrected chi connectivity index (χ1v) is 5.88. The van der Waals surface area contributed by atoms with Gasteiger partial charge in [-0.2, -0.15) is 5.26 Å². The zero-order valence-electron chi connectivity index (χ0n) is 9.62. The van der Waals surface area contributed by atoms with Crippen LogP contribution in [0.2, 0.25) is 0 Å². The van der Waals surface area contributed by atoms with Crippen molar-refractivity contribution in [2.45, 2.75) is 19.3 Å². The average Bonchev–Trinajstić information content (AvgIpc) is 2.38. The number of nitrogens with one attached hydrogen (secondary N) is 1. The maximum Gasteiger partial charge on any atom is 0.147 e. The monoisotopic (exact) mass is 230 g/mol. The largest absolute Gasteiger partial charge is 0.382 e. The lowest BCUT2D eigenvalue weighted by Crippen LogP contribution is -2.15. The van der Waals surface area contributed by atoms with E-state index in [4.69, 9.17) is 5.26 Å². The quantitative estimate of drug-likeness (QED) is 0.807. The van der Waals surface area contributed by atoms with Crippen molar-refractivity contribution in [3.05, 3.63) is 41.7 Å². The third-order valence-corrected chi connectivity index (χ3v) is 3.06. The molecule has 0 radical (unpaired) electrons. The normalized spacial score (nSPS) is 18.7. The van der Waals surface area contributed by atoms with E-state index in [-0.39, 0.29) is 5.82 Å². The first kappa shape index (κ1) is 11.7. The summed E-state index contributed by atoms with van der Waals surface area (Å²) in [5, 5.41) is 11.8. The Balaban J connectivity index is 1.95. The van der Waals surface area contributed by atoms with Crippen LogP contribution in [0.4, 0.5) is 10.1 Å². The van der Waals surface area contributed by atoms with E-state index in [9.17, 15) is 4.39 Å². The fourth-order valence-corrected chi connectivity index (χ4v) is 2.02. The third kappa shape index (κ3) is 3.07. The Morgan fingerprint density at radius 2 is 2.29 bits per heavy atom. The van der Waals surface area contributed by atoms with Gasteiger partial charge in [0.25, 0.3) is 0 Å². The summed E-state index contributed by atoms with van der Waals surface area (Å²) in [7, 11) is 0. The van der Waals surface area contributed by atoms with Crippen LogP contribution in [0.5, 0.6) is 0 Å². The molecule has 2 rings (SSSR count). The van der Waals surface area contributed by atoms with Crippen LogP contribution in [0, 0.1) is 23.1 Å². The molecule has 1 aliphatic carbocycles. The SMILES string of the molecule is N#Cc1ccc(NCC2CC=CCC2)c(F)c1. The van der Waals surface area contributed by atoms with Crippen LogP contribution in [-0.2, 0) is 0 Å². The van der Waals surface area contributed by atoms with Gasteiger partial charge in [-0.1, -0.05) is 12.2 Å². The minimum atomic E-state index is -0.351. The molecule has 2 nitrogen and oxygen atoms in total. The van der Waals surface area contributed by atoms with Gasteiger partial charge in [0.15, 0.2) is 0 Å². The topological polar surface area (TPSA) is 35.8 Å². The molecule has 1 aromatic rings. The van der Waals surface area contributed by atoms with Gasteiger partial charge in [0.2, 0.25) is 0 Å². The Morgan fingerprint density at radius 1 is 1.41 bits per heavy atom. The molecule has 1 atom stereocenters. The van der Waals surface area contributed by atoms with E-state index in [1.54, 1.807) is 12.1 Å². The van der Waals surface area contributed by atoms with Crippen molar-refractivity contribution in [1.29, 1.82) is 5.26 Å². The zero-order valence-corrected chi connectivity index (χ0v) is 9.62. The van der Waals surface area contributed by atoms with Gasteiger partial charge in [-0.15, -0.1) is 0 Å². The summed E-state index contributed by atoms with van der Waals surface area (Å²) in [6, 6.07) is 6.45. The maximum absolute atomic E-state index is 13.6. The van der Waals surface area contributed by atoms with Crippen molar-refractivity contribution in [1.82, 2.24) is 0 Å². The Hall–Kier alpha value is -1.82. The summed E-state index contributed by atoms with van der Waals surface area (Å²) in [5.41, 5.74) is 0.840. The minimum Gasteiger partial charge on any atom is -0.382 e. The number of nitriles is 1. The Labute approximate surface area is 101 Å². The summed E-state index contributed by atoms with van der Waals surface area (Å²) in [6.07, 6.45) is 7.71. The van der Waals surface area contributed by atoms with Gasteiger partial charge in [0.1, 0.15) is 5.82 Å². The molecule has 3 heteroatoms. The van der Waals surface area contributed by atoms with Crippen LogP contribution < -0.4 is 5.32 Å². The second-order valence-electron chi connectivity index (χ2n) is 4.34. The first-order chi connectivity index (χ1) is 8.29. The first-order valence-electron chi connectivity index (χ1n) is 5.88. The van der Waals surface area contributed by atoms with Gasteiger partial charge >= 0.3 is 0 Å². The third-order valence-electron chi connectivity index (χ3n) is 3.06. The van der Waals surface area contributed by atoms with E-state index in [1.165, 1.54) is 6.07 Å². The second kappa shape index (κ2) is 5.49. The molecule has 0 aliphatic heterocycles. The molecule has 1 unspecified atom stereocenters. The lowest BCUT2D eigenvalue weighted by atomic mass is 9.94. The van der Waals surface area contributed by atoms with Crippen molar-refractivity contribution < 1.29 is 4.39 Å². The van der Waals surface area contributed by atoms with Gasteiger partial charge in [0, 0.05) is 6.54 Å². The highest BCUT2D eigenvalue weighted by Crippen LogP contribution is 2.20. The Bertz CT molecular complexity index is 460. The Morgan fingerprint density at radius 3 is 2.94 bits per heavy atom. The number of allylic oxidation sites excluding steroid dienone is 2. The van der Waals surface area contributed by atoms with Crippen LogP contribution in [0.15, 0.2) is 30.4 Å². The van der Waals surface area contributed by atoms with E-state index in [2.05, 4.69) is 17.5 Å². The number of rotatable bonds is 3. The summed E-state index contributed by atoms with van der Waals surface area (Å²) in [5.74, 6) is 0.227. The molecule has 0 spiro atoms. The van der Waals surface area contributed by atoms with Crippen molar-refractivity contribution in [2.75, 3.05) is 11.9 Å². The molecule has 0 saturated carbocycles. The maximum atomic E-state index is 13.6. The van der Waals surface area contributed by atoms with Gasteiger partial charge in [-0.25, -0.2) is 4.39 Å². The molecule has 88 valence electrons. The highest BCUT2D eigenvalue weighted by atomic mass is 19.1. The van der Waals surface area contributed by atoms with E-state index in [1.807, 2.05) is 6.07 Å². The summed E-state index contributed by atoms with van der Waals surface area (Å²) >= 11 is 0. The minimum absolute atomic E-state index is 0.351. The van der Waals surface area contributed by atoms with Crippen LogP contribution in [-0.4, -0.2) is 6.54 Å². The lowest BCUT2D eigenvalue weighted by molar-refractivity contribution is 0.502. The molecule has 17 heavy (non-hydrogen) atoms. The predicted molar refractivity (Wildman–Crippen MR) is 66.1 cm³/mol. The average molecular weight is 230 g/mol. The van der Waals surface area contributed by atoms with Gasteiger partial charge in [0.05, 0.1) is 17.3 Å². The molecule has 0 heterocycles. The van der Waals surface area contributed by atoms with Crippen molar-refractivity contribution in [2.24, 2.45) is 5.92 Å². The van der Waals surface area contributed by atoms with Crippen molar-refractivity contribution in [3.8, 4) is 6.07 Å². The van der Waals surface area contributed by atoms with Gasteiger partial charge in [-0.05, 0) is 43.4 Å².